The molecule has 0 aliphatic rings. The average molecular weight is 814 g/mol. The number of carbonyl (C=O) groups is 3. The maximum absolute atomic E-state index is 14.0. The SMILES string of the molecule is CCO[Si](CCCNC(=O)c1ccc2c(N=Nc3cc(C(=O)Nc4ccccc4)ccc3OC)c(O)c(C(=O)Nc3cccc4ccccc34)cc2c1)(OCC)OCC. The van der Waals surface area contributed by atoms with Crippen molar-refractivity contribution in [2.45, 2.75) is 33.2 Å². The van der Waals surface area contributed by atoms with E-state index in [9.17, 15) is 19.5 Å². The smallest absolute Gasteiger partial charge is 0.500 e. The Kier molecular flexibility index (Phi) is 14.2. The predicted molar refractivity (Wildman–Crippen MR) is 231 cm³/mol. The summed E-state index contributed by atoms with van der Waals surface area (Å²) in [4.78, 5) is 40.7. The zero-order valence-corrected chi connectivity index (χ0v) is 34.4. The highest BCUT2D eigenvalue weighted by molar-refractivity contribution is 6.60. The van der Waals surface area contributed by atoms with E-state index < -0.39 is 20.5 Å². The van der Waals surface area contributed by atoms with E-state index in [1.807, 2.05) is 75.4 Å². The van der Waals surface area contributed by atoms with Crippen LogP contribution in [0.5, 0.6) is 11.5 Å². The van der Waals surface area contributed by atoms with E-state index >= 15 is 0 Å². The molecule has 0 atom stereocenters. The van der Waals surface area contributed by atoms with E-state index in [-0.39, 0.29) is 28.8 Å². The first-order valence-electron chi connectivity index (χ1n) is 19.4. The number of phenols is 1. The summed E-state index contributed by atoms with van der Waals surface area (Å²) in [7, 11) is -1.42. The first kappa shape index (κ1) is 42.2. The molecule has 304 valence electrons. The molecule has 0 bridgehead atoms. The molecule has 4 N–H and O–H groups in total. The molecule has 0 aliphatic heterocycles. The van der Waals surface area contributed by atoms with E-state index in [1.165, 1.54) is 19.2 Å². The summed E-state index contributed by atoms with van der Waals surface area (Å²) in [6, 6.07) is 33.8. The van der Waals surface area contributed by atoms with Gasteiger partial charge in [0.1, 0.15) is 17.1 Å². The van der Waals surface area contributed by atoms with Crippen molar-refractivity contribution >= 4 is 70.8 Å². The fourth-order valence-corrected chi connectivity index (χ4v) is 9.28. The van der Waals surface area contributed by atoms with Crippen LogP contribution in [0.1, 0.15) is 58.3 Å². The molecular weight excluding hydrogens is 767 g/mol. The fraction of sp³-hybridized carbons (Fsp3) is 0.222. The van der Waals surface area contributed by atoms with Crippen molar-refractivity contribution in [3.63, 3.8) is 0 Å². The number of nitrogens with one attached hydrogen (secondary N) is 3. The summed E-state index contributed by atoms with van der Waals surface area (Å²) in [6.45, 7) is 7.41. The highest BCUT2D eigenvalue weighted by atomic mass is 28.4. The second-order valence-electron chi connectivity index (χ2n) is 13.3. The number of hydrogen-bond acceptors (Lipinski definition) is 10. The maximum atomic E-state index is 14.0. The lowest BCUT2D eigenvalue weighted by Crippen LogP contribution is -2.46. The van der Waals surface area contributed by atoms with Crippen LogP contribution in [-0.4, -0.2) is 65.1 Å². The number of para-hydroxylation sites is 1. The molecule has 0 saturated heterocycles. The number of carbonyl (C=O) groups excluding carboxylic acids is 3. The van der Waals surface area contributed by atoms with Crippen LogP contribution in [0.15, 0.2) is 125 Å². The molecule has 13 nitrogen and oxygen atoms in total. The first-order valence-corrected chi connectivity index (χ1v) is 21.4. The van der Waals surface area contributed by atoms with Gasteiger partial charge in [0.05, 0.1) is 12.7 Å². The summed E-state index contributed by atoms with van der Waals surface area (Å²) >= 11 is 0. The van der Waals surface area contributed by atoms with Gasteiger partial charge in [0.2, 0.25) is 0 Å². The van der Waals surface area contributed by atoms with Crippen LogP contribution >= 0.6 is 0 Å². The van der Waals surface area contributed by atoms with Gasteiger partial charge in [-0.05, 0) is 92.6 Å². The number of methoxy groups -OCH3 is 1. The second-order valence-corrected chi connectivity index (χ2v) is 16.0. The summed E-state index contributed by atoms with van der Waals surface area (Å²) in [6.07, 6.45) is 0.570. The number of anilines is 2. The Balaban J connectivity index is 1.33. The molecule has 3 amide bonds. The Bertz CT molecular complexity index is 2460. The van der Waals surface area contributed by atoms with Gasteiger partial charge in [0, 0.05) is 65.7 Å². The fourth-order valence-electron chi connectivity index (χ4n) is 6.66. The number of aromatic hydroxyl groups is 1. The molecule has 0 heterocycles. The maximum Gasteiger partial charge on any atom is 0.500 e. The number of hydrogen-bond donors (Lipinski definition) is 4. The zero-order valence-electron chi connectivity index (χ0n) is 33.4. The number of ether oxygens (including phenoxy) is 1. The van der Waals surface area contributed by atoms with E-state index in [1.54, 1.807) is 48.5 Å². The number of rotatable bonds is 18. The minimum atomic E-state index is -2.88. The molecule has 0 aromatic heterocycles. The molecule has 0 unspecified atom stereocenters. The van der Waals surface area contributed by atoms with Gasteiger partial charge in [-0.2, -0.15) is 0 Å². The van der Waals surface area contributed by atoms with Gasteiger partial charge in [0.25, 0.3) is 17.7 Å². The van der Waals surface area contributed by atoms with Crippen molar-refractivity contribution in [2.24, 2.45) is 10.2 Å². The summed E-state index contributed by atoms with van der Waals surface area (Å²) in [5.74, 6) is -1.42. The zero-order chi connectivity index (χ0) is 41.8. The standard InChI is InChI=1S/C45H47N5O8Si/c1-5-56-59(57-6-2,58-7-3)26-14-25-46-43(52)31-21-23-36-33(27-31)28-37(45(54)48-38-20-13-16-30-15-11-12-19-35(30)38)42(51)41(36)50-49-39-29-32(22-24-40(39)55-4)44(53)47-34-17-9-8-10-18-34/h8-13,15-24,27-29,51H,5-7,14,25-26H2,1-4H3,(H,46,52)(H,47,53)(H,48,54). The van der Waals surface area contributed by atoms with E-state index in [2.05, 4.69) is 26.2 Å². The van der Waals surface area contributed by atoms with Crippen LogP contribution in [0.2, 0.25) is 6.04 Å². The molecule has 6 aromatic rings. The van der Waals surface area contributed by atoms with Crippen molar-refractivity contribution < 1.29 is 37.5 Å². The highest BCUT2D eigenvalue weighted by Gasteiger charge is 2.39. The van der Waals surface area contributed by atoms with E-state index in [4.69, 9.17) is 18.0 Å². The van der Waals surface area contributed by atoms with Gasteiger partial charge in [-0.25, -0.2) is 0 Å². The van der Waals surface area contributed by atoms with Gasteiger partial charge in [-0.15, -0.1) is 10.2 Å². The Labute approximate surface area is 343 Å². The van der Waals surface area contributed by atoms with E-state index in [0.29, 0.717) is 77.9 Å². The summed E-state index contributed by atoms with van der Waals surface area (Å²) in [5, 5.41) is 32.0. The van der Waals surface area contributed by atoms with Crippen LogP contribution in [-0.2, 0) is 13.3 Å². The van der Waals surface area contributed by atoms with Crippen LogP contribution in [0, 0.1) is 0 Å². The van der Waals surface area contributed by atoms with Gasteiger partial charge in [0.15, 0.2) is 5.75 Å². The minimum absolute atomic E-state index is 0.0252. The Morgan fingerprint density at radius 1 is 0.661 bits per heavy atom. The normalized spacial score (nSPS) is 11.5. The molecule has 0 radical (unpaired) electrons. The van der Waals surface area contributed by atoms with Gasteiger partial charge >= 0.3 is 8.80 Å². The molecule has 0 saturated carbocycles. The van der Waals surface area contributed by atoms with Crippen molar-refractivity contribution in [1.29, 1.82) is 0 Å². The number of amides is 3. The molecule has 0 aliphatic carbocycles. The van der Waals surface area contributed by atoms with Crippen molar-refractivity contribution in [2.75, 3.05) is 44.1 Å². The third-order valence-corrected chi connectivity index (χ3v) is 12.6. The number of azo groups is 1. The highest BCUT2D eigenvalue weighted by Crippen LogP contribution is 2.41. The summed E-state index contributed by atoms with van der Waals surface area (Å²) < 4.78 is 23.4. The largest absolute Gasteiger partial charge is 0.505 e. The van der Waals surface area contributed by atoms with Crippen LogP contribution in [0.4, 0.5) is 22.7 Å². The number of benzene rings is 6. The lowest BCUT2D eigenvalue weighted by atomic mass is 10.00. The number of phenolic OH excluding ortho intramolecular Hbond substituents is 1. The van der Waals surface area contributed by atoms with Crippen LogP contribution in [0.25, 0.3) is 21.5 Å². The lowest BCUT2D eigenvalue weighted by molar-refractivity contribution is 0.0704. The first-order chi connectivity index (χ1) is 28.7. The van der Waals surface area contributed by atoms with Gasteiger partial charge in [-0.1, -0.05) is 60.7 Å². The van der Waals surface area contributed by atoms with Crippen molar-refractivity contribution in [3.8, 4) is 11.5 Å². The summed E-state index contributed by atoms with van der Waals surface area (Å²) in [5.41, 5.74) is 1.86. The topological polar surface area (TPSA) is 169 Å². The minimum Gasteiger partial charge on any atom is -0.505 e. The molecule has 14 heteroatoms. The van der Waals surface area contributed by atoms with Crippen LogP contribution in [0.3, 0.4) is 0 Å². The van der Waals surface area contributed by atoms with Crippen molar-refractivity contribution in [3.05, 3.63) is 132 Å². The van der Waals surface area contributed by atoms with Crippen LogP contribution < -0.4 is 20.7 Å². The van der Waals surface area contributed by atoms with Crippen molar-refractivity contribution in [1.82, 2.24) is 5.32 Å². The molecular formula is C45H47N5O8Si. The monoisotopic (exact) mass is 813 g/mol. The second kappa shape index (κ2) is 19.8. The predicted octanol–water partition coefficient (Wildman–Crippen LogP) is 9.80. The molecule has 0 spiro atoms. The molecule has 6 rings (SSSR count). The third-order valence-electron chi connectivity index (χ3n) is 9.40. The quantitative estimate of drug-likeness (QED) is 0.0378. The lowest BCUT2D eigenvalue weighted by Gasteiger charge is -2.28. The Morgan fingerprint density at radius 2 is 1.34 bits per heavy atom. The van der Waals surface area contributed by atoms with Gasteiger partial charge < -0.3 is 39.1 Å². The average Bonchev–Trinajstić information content (AvgIpc) is 3.25. The Hall–Kier alpha value is -6.45. The number of fused-ring (bicyclic) bond motifs is 2. The molecule has 59 heavy (non-hydrogen) atoms. The Morgan fingerprint density at radius 3 is 2.07 bits per heavy atom. The number of nitrogens with zero attached hydrogens (tertiary/aromatic N) is 2. The van der Waals surface area contributed by atoms with E-state index in [0.717, 1.165) is 10.8 Å². The van der Waals surface area contributed by atoms with Gasteiger partial charge in [-0.3, -0.25) is 14.4 Å². The third kappa shape index (κ3) is 10.2. The molecule has 6 aromatic carbocycles. The molecule has 0 fully saturated rings.